The van der Waals surface area contributed by atoms with Gasteiger partial charge in [0.15, 0.2) is 0 Å². The quantitative estimate of drug-likeness (QED) is 0.127. The van der Waals surface area contributed by atoms with Crippen molar-refractivity contribution in [2.75, 3.05) is 0 Å². The summed E-state index contributed by atoms with van der Waals surface area (Å²) in [6.45, 7) is 6.58. The molecule has 54 heavy (non-hydrogen) atoms. The second kappa shape index (κ2) is 21.8. The Labute approximate surface area is 386 Å². The third-order valence-corrected chi connectivity index (χ3v) is 8.05. The summed E-state index contributed by atoms with van der Waals surface area (Å²) in [7, 11) is 0. The number of imidazole rings is 1. The van der Waals surface area contributed by atoms with E-state index < -0.39 is 0 Å². The van der Waals surface area contributed by atoms with Crippen molar-refractivity contribution in [3.8, 4) is 50.7 Å². The normalized spacial score (nSPS) is 10.1. The van der Waals surface area contributed by atoms with Crippen LogP contribution >= 0.6 is 0 Å². The number of fused-ring (bicyclic) bond motifs is 1. The number of pyridine rings is 2. The molecule has 5 radical (unpaired) electrons. The Morgan fingerprint density at radius 2 is 1.31 bits per heavy atom. The number of para-hydroxylation sites is 3. The predicted octanol–water partition coefficient (Wildman–Crippen LogP) is 10.3. The summed E-state index contributed by atoms with van der Waals surface area (Å²) in [6, 6.07) is 60.3. The van der Waals surface area contributed by atoms with Crippen LogP contribution in [0.3, 0.4) is 0 Å². The van der Waals surface area contributed by atoms with Crippen molar-refractivity contribution in [2.45, 2.75) is 26.2 Å². The van der Waals surface area contributed by atoms with E-state index >= 15 is 0 Å². The minimum absolute atomic E-state index is 0. The summed E-state index contributed by atoms with van der Waals surface area (Å²) in [5, 5.41) is 0. The number of hydrogen-bond donors (Lipinski definition) is 0. The fourth-order valence-electron chi connectivity index (χ4n) is 5.42. The van der Waals surface area contributed by atoms with E-state index in [4.69, 9.17) is 4.98 Å². The van der Waals surface area contributed by atoms with Crippen LogP contribution in [0.2, 0.25) is 0 Å². The van der Waals surface area contributed by atoms with E-state index in [0.29, 0.717) is 5.69 Å². The van der Waals surface area contributed by atoms with Crippen LogP contribution in [-0.4, -0.2) is 27.9 Å². The van der Waals surface area contributed by atoms with Crippen molar-refractivity contribution in [1.29, 1.82) is 0 Å². The smallest absolute Gasteiger partial charge is 0.391 e. The van der Waals surface area contributed by atoms with Gasteiger partial charge in [-0.15, -0.1) is 42.0 Å². The van der Waals surface area contributed by atoms with Gasteiger partial charge in [-0.2, -0.15) is 30.0 Å². The Morgan fingerprint density at radius 3 is 1.93 bits per heavy atom. The zero-order chi connectivity index (χ0) is 33.6. The molecule has 0 saturated heterocycles. The molecule has 0 bridgehead atoms. The molecule has 0 spiro atoms. The van der Waals surface area contributed by atoms with E-state index in [1.165, 1.54) is 5.56 Å². The Bertz CT molecular complexity index is 2290. The van der Waals surface area contributed by atoms with E-state index in [1.54, 1.807) is 0 Å². The molecule has 0 atom stereocenters. The van der Waals surface area contributed by atoms with E-state index in [1.807, 2.05) is 109 Å². The Morgan fingerprint density at radius 1 is 0.648 bits per heavy atom. The Balaban J connectivity index is 0.000000414. The SMILES string of the molecule is CC(C)(C)c1ccc(-c2[c-]cccc2)nc1.[B].[CH3-].[Ir].[Y+3].[Y].[c-]1ccc(-c2[c-]cc(-c3[c-]cccc3)[c-]n2)[c-]c1-c1nc2ccccc2n1-c1ccccc1. The average molecular weight is 1020 g/mol. The van der Waals surface area contributed by atoms with Gasteiger partial charge in [-0.25, -0.2) is 23.3 Å². The van der Waals surface area contributed by atoms with Gasteiger partial charge in [0.2, 0.25) is 0 Å². The summed E-state index contributed by atoms with van der Waals surface area (Å²) in [5.41, 5.74) is 10.5. The third-order valence-electron chi connectivity index (χ3n) is 8.05. The van der Waals surface area contributed by atoms with Gasteiger partial charge in [-0.3, -0.25) is 23.8 Å². The van der Waals surface area contributed by atoms with Crippen LogP contribution in [0.1, 0.15) is 26.3 Å². The first-order chi connectivity index (χ1) is 23.9. The predicted molar refractivity (Wildman–Crippen MR) is 209 cm³/mol. The second-order valence-corrected chi connectivity index (χ2v) is 12.5. The van der Waals surface area contributed by atoms with Crippen LogP contribution in [0.4, 0.5) is 0 Å². The number of rotatable bonds is 5. The monoisotopic (exact) mass is 1030 g/mol. The summed E-state index contributed by atoms with van der Waals surface area (Å²) in [4.78, 5) is 13.9. The van der Waals surface area contributed by atoms with Crippen LogP contribution in [0, 0.1) is 44.0 Å². The molecule has 0 aliphatic carbocycles. The van der Waals surface area contributed by atoms with Crippen molar-refractivity contribution in [3.05, 3.63) is 189 Å². The zero-order valence-corrected chi connectivity index (χ0v) is 38.7. The molecule has 5 aromatic carbocycles. The maximum absolute atomic E-state index is 4.91. The van der Waals surface area contributed by atoms with E-state index in [9.17, 15) is 0 Å². The molecule has 0 fully saturated rings. The van der Waals surface area contributed by atoms with Gasteiger partial charge in [0.25, 0.3) is 0 Å². The minimum atomic E-state index is 0. The molecule has 0 saturated carbocycles. The molecule has 261 valence electrons. The van der Waals surface area contributed by atoms with E-state index in [2.05, 4.69) is 102 Å². The van der Waals surface area contributed by atoms with Crippen molar-refractivity contribution < 1.29 is 85.5 Å². The minimum Gasteiger partial charge on any atom is -0.391 e. The van der Waals surface area contributed by atoms with Crippen molar-refractivity contribution in [3.63, 3.8) is 0 Å². The molecule has 0 N–H and O–H groups in total. The maximum atomic E-state index is 4.91. The fraction of sp³-hybridized carbons (Fsp3) is 0.0870. The fourth-order valence-corrected chi connectivity index (χ4v) is 5.42. The number of hydrogen-bond acceptors (Lipinski definition) is 3. The number of aromatic nitrogens is 4. The topological polar surface area (TPSA) is 43.6 Å². The molecule has 8 heteroatoms. The zero-order valence-electron chi connectivity index (χ0n) is 30.6. The molecule has 4 nitrogen and oxygen atoms in total. The first kappa shape index (κ1) is 46.9. The average Bonchev–Trinajstić information content (AvgIpc) is 3.56. The van der Waals surface area contributed by atoms with Gasteiger partial charge in [0.1, 0.15) is 0 Å². The Kier molecular flexibility index (Phi) is 18.9. The van der Waals surface area contributed by atoms with Gasteiger partial charge in [-0.05, 0) is 46.8 Å². The van der Waals surface area contributed by atoms with E-state index in [0.717, 1.165) is 56.1 Å². The third kappa shape index (κ3) is 11.2. The summed E-state index contributed by atoms with van der Waals surface area (Å²) < 4.78 is 2.14. The van der Waals surface area contributed by atoms with Crippen molar-refractivity contribution in [2.24, 2.45) is 0 Å². The molecule has 8 rings (SSSR count). The van der Waals surface area contributed by atoms with Gasteiger partial charge in [0.05, 0.1) is 11.0 Å². The molecule has 0 aliphatic rings. The number of benzene rings is 5. The summed E-state index contributed by atoms with van der Waals surface area (Å²) in [6.07, 6.45) is 5.06. The van der Waals surface area contributed by atoms with Gasteiger partial charge in [0, 0.05) is 73.1 Å². The van der Waals surface area contributed by atoms with Crippen LogP contribution in [0.15, 0.2) is 140 Å². The van der Waals surface area contributed by atoms with Crippen molar-refractivity contribution in [1.82, 2.24) is 19.5 Å². The van der Waals surface area contributed by atoms with Crippen LogP contribution in [-0.2, 0) is 90.9 Å². The summed E-state index contributed by atoms with van der Waals surface area (Å²) in [5.74, 6) is 0.781. The molecule has 3 heterocycles. The van der Waals surface area contributed by atoms with Gasteiger partial charge < -0.3 is 38.6 Å². The van der Waals surface area contributed by atoms with Crippen LogP contribution in [0.5, 0.6) is 0 Å². The first-order valence-corrected chi connectivity index (χ1v) is 16.1. The molecular formula is C46H35BIrN4Y2-4. The molecule has 0 aliphatic heterocycles. The maximum Gasteiger partial charge on any atom is 3.00 e. The molecule has 0 unspecified atom stereocenters. The van der Waals surface area contributed by atoms with Crippen LogP contribution in [0.25, 0.3) is 61.8 Å². The number of nitrogens with zero attached hydrogens (tertiary/aromatic N) is 4. The molecular weight excluding hydrogens is 989 g/mol. The second-order valence-electron chi connectivity index (χ2n) is 12.5. The Hall–Kier alpha value is -3.21. The van der Waals surface area contributed by atoms with Crippen molar-refractivity contribution >= 4 is 19.4 Å². The van der Waals surface area contributed by atoms with Gasteiger partial charge in [-0.1, -0.05) is 69.4 Å². The molecule has 0 amide bonds. The molecule has 8 aromatic rings. The van der Waals surface area contributed by atoms with Crippen LogP contribution < -0.4 is 0 Å². The summed E-state index contributed by atoms with van der Waals surface area (Å²) >= 11 is 0. The largest absolute Gasteiger partial charge is 3.00 e. The first-order valence-electron chi connectivity index (χ1n) is 16.1. The molecule has 3 aromatic heterocycles. The van der Waals surface area contributed by atoms with Gasteiger partial charge >= 0.3 is 32.7 Å². The standard InChI is InChI=1S/C30H16N3.C15H16N.CH3.B.Ir.2Y/c1-3-10-22(11-4-1)25-18-19-27(31-21-25)23-12-9-13-24(20-23)30-32-28-16-7-8-17-29(28)33(30)26-14-5-2-6-15-26;1-15(2,3)13-9-10-14(16-11-13)12-7-5-4-6-8-12;;;;;/h1-10,12,14-18H;4-7,9-11H,1-3H3;1H3;;;;/q-5;2*-1;;;;+3. The van der Waals surface area contributed by atoms with E-state index in [-0.39, 0.29) is 107 Å².